The highest BCUT2D eigenvalue weighted by Crippen LogP contribution is 2.18. The number of aliphatic hydroxyl groups is 3. The van der Waals surface area contributed by atoms with Gasteiger partial charge in [0.05, 0.1) is 30.8 Å². The number of rotatable bonds is 7. The van der Waals surface area contributed by atoms with Gasteiger partial charge in [0.1, 0.15) is 12.2 Å². The summed E-state index contributed by atoms with van der Waals surface area (Å²) in [6.07, 6.45) is -4.13. The van der Waals surface area contributed by atoms with E-state index in [-0.39, 0.29) is 13.1 Å². The Hall–Kier alpha value is -2.33. The molecule has 3 atom stereocenters. The molecule has 1 aromatic carbocycles. The first-order valence-electron chi connectivity index (χ1n) is 8.85. The molecule has 1 aromatic heterocycles. The summed E-state index contributed by atoms with van der Waals surface area (Å²) in [4.78, 5) is 30.6. The molecule has 0 aliphatic heterocycles. The van der Waals surface area contributed by atoms with Crippen LogP contribution in [0.3, 0.4) is 0 Å². The Morgan fingerprint density at radius 2 is 1.79 bits per heavy atom. The Bertz CT molecular complexity index is 924. The minimum atomic E-state index is -1.48. The summed E-state index contributed by atoms with van der Waals surface area (Å²) in [5.41, 5.74) is 1.47. The summed E-state index contributed by atoms with van der Waals surface area (Å²) >= 11 is 0. The molecule has 0 unspecified atom stereocenters. The lowest BCUT2D eigenvalue weighted by atomic mass is 10.1. The first-order chi connectivity index (χ1) is 13.1. The van der Waals surface area contributed by atoms with Crippen molar-refractivity contribution in [1.82, 2.24) is 14.5 Å². The van der Waals surface area contributed by atoms with Crippen molar-refractivity contribution < 1.29 is 24.9 Å². The quantitative estimate of drug-likeness (QED) is 0.535. The molecular weight excluding hydrogens is 366 g/mol. The van der Waals surface area contributed by atoms with Crippen molar-refractivity contribution in [1.29, 1.82) is 0 Å². The van der Waals surface area contributed by atoms with Gasteiger partial charge in [-0.05, 0) is 51.2 Å². The highest BCUT2D eigenvalue weighted by molar-refractivity contribution is 5.89. The second-order valence-electron chi connectivity index (χ2n) is 7.18. The third kappa shape index (κ3) is 4.56. The van der Waals surface area contributed by atoms with Crippen LogP contribution in [0.4, 0.5) is 0 Å². The van der Waals surface area contributed by atoms with Crippen LogP contribution in [-0.2, 0) is 11.3 Å². The van der Waals surface area contributed by atoms with Crippen molar-refractivity contribution >= 4 is 17.0 Å². The van der Waals surface area contributed by atoms with Gasteiger partial charge in [-0.25, -0.2) is 9.78 Å². The van der Waals surface area contributed by atoms with Crippen LogP contribution in [0.2, 0.25) is 0 Å². The molecule has 0 aliphatic rings. The minimum Gasteiger partial charge on any atom is -0.464 e. The lowest BCUT2D eigenvalue weighted by Gasteiger charge is -2.26. The molecule has 9 heteroatoms. The van der Waals surface area contributed by atoms with Crippen LogP contribution >= 0.6 is 0 Å². The van der Waals surface area contributed by atoms with Crippen molar-refractivity contribution in [2.24, 2.45) is 0 Å². The summed E-state index contributed by atoms with van der Waals surface area (Å²) in [6, 6.07) is 3.46. The largest absolute Gasteiger partial charge is 0.464 e. The van der Waals surface area contributed by atoms with Gasteiger partial charge in [0, 0.05) is 6.54 Å². The van der Waals surface area contributed by atoms with Gasteiger partial charge in [0.15, 0.2) is 0 Å². The normalized spacial score (nSPS) is 14.9. The number of fused-ring (bicyclic) bond motifs is 1. The standard InChI is InChI=1S/C19H27N3O6/c1-10-6-12-13(7-11(10)2)22(18(26)16(20-12)19(27)28-5)9-15(24)17(25)14(23)8-21(3)4/h6-7,14-15,17,23-25H,8-9H2,1-5H3/t14-,15+,17-/m1/s1. The van der Waals surface area contributed by atoms with Crippen LogP contribution in [0, 0.1) is 13.8 Å². The average Bonchev–Trinajstić information content (AvgIpc) is 2.63. The van der Waals surface area contributed by atoms with E-state index in [1.807, 2.05) is 13.8 Å². The Balaban J connectivity index is 2.55. The molecule has 0 saturated carbocycles. The Labute approximate surface area is 162 Å². The molecule has 0 spiro atoms. The maximum atomic E-state index is 12.8. The molecule has 3 N–H and O–H groups in total. The molecule has 0 fully saturated rings. The number of likely N-dealkylation sites (N-methyl/N-ethyl adjacent to an activating group) is 1. The lowest BCUT2D eigenvalue weighted by Crippen LogP contribution is -2.46. The molecule has 154 valence electrons. The van der Waals surface area contributed by atoms with E-state index in [0.717, 1.165) is 18.2 Å². The summed E-state index contributed by atoms with van der Waals surface area (Å²) in [6.45, 7) is 3.55. The van der Waals surface area contributed by atoms with Gasteiger partial charge >= 0.3 is 5.97 Å². The highest BCUT2D eigenvalue weighted by atomic mass is 16.5. The third-order valence-electron chi connectivity index (χ3n) is 4.65. The van der Waals surface area contributed by atoms with E-state index in [9.17, 15) is 24.9 Å². The van der Waals surface area contributed by atoms with E-state index < -0.39 is 35.5 Å². The van der Waals surface area contributed by atoms with Crippen molar-refractivity contribution in [3.8, 4) is 0 Å². The maximum absolute atomic E-state index is 12.8. The van der Waals surface area contributed by atoms with Crippen LogP contribution in [0.25, 0.3) is 11.0 Å². The number of methoxy groups -OCH3 is 1. The first kappa shape index (κ1) is 22.0. The fourth-order valence-corrected chi connectivity index (χ4v) is 2.94. The topological polar surface area (TPSA) is 125 Å². The first-order valence-corrected chi connectivity index (χ1v) is 8.85. The number of ether oxygens (including phenoxy) is 1. The van der Waals surface area contributed by atoms with E-state index in [1.165, 1.54) is 4.57 Å². The molecular formula is C19H27N3O6. The summed E-state index contributed by atoms with van der Waals surface area (Å²) in [7, 11) is 4.59. The fourth-order valence-electron chi connectivity index (χ4n) is 2.94. The number of carbonyl (C=O) groups is 1. The van der Waals surface area contributed by atoms with Gasteiger partial charge in [-0.3, -0.25) is 4.79 Å². The van der Waals surface area contributed by atoms with Crippen molar-refractivity contribution in [2.45, 2.75) is 38.7 Å². The molecule has 0 bridgehead atoms. The van der Waals surface area contributed by atoms with E-state index in [0.29, 0.717) is 11.0 Å². The van der Waals surface area contributed by atoms with Gasteiger partial charge in [-0.15, -0.1) is 0 Å². The molecule has 28 heavy (non-hydrogen) atoms. The number of esters is 1. The van der Waals surface area contributed by atoms with E-state index in [2.05, 4.69) is 9.72 Å². The molecule has 2 aromatic rings. The average molecular weight is 393 g/mol. The fraction of sp³-hybridized carbons (Fsp3) is 0.526. The maximum Gasteiger partial charge on any atom is 0.362 e. The highest BCUT2D eigenvalue weighted by Gasteiger charge is 2.27. The summed E-state index contributed by atoms with van der Waals surface area (Å²) in [5, 5.41) is 30.7. The van der Waals surface area contributed by atoms with Crippen LogP contribution in [0.5, 0.6) is 0 Å². The Morgan fingerprint density at radius 3 is 2.36 bits per heavy atom. The van der Waals surface area contributed by atoms with E-state index in [4.69, 9.17) is 0 Å². The lowest BCUT2D eigenvalue weighted by molar-refractivity contribution is -0.0704. The van der Waals surface area contributed by atoms with Crippen molar-refractivity contribution in [2.75, 3.05) is 27.7 Å². The number of aliphatic hydroxyl groups excluding tert-OH is 3. The molecule has 0 amide bonds. The molecule has 9 nitrogen and oxygen atoms in total. The van der Waals surface area contributed by atoms with Crippen LogP contribution in [0.15, 0.2) is 16.9 Å². The predicted octanol–water partition coefficient (Wildman–Crippen LogP) is -0.556. The molecule has 0 aliphatic carbocycles. The van der Waals surface area contributed by atoms with E-state index >= 15 is 0 Å². The van der Waals surface area contributed by atoms with Gasteiger partial charge in [-0.2, -0.15) is 0 Å². The van der Waals surface area contributed by atoms with Crippen LogP contribution in [-0.4, -0.2) is 81.8 Å². The molecule has 2 rings (SSSR count). The van der Waals surface area contributed by atoms with Crippen molar-refractivity contribution in [3.05, 3.63) is 39.3 Å². The van der Waals surface area contributed by atoms with Crippen LogP contribution in [0.1, 0.15) is 21.6 Å². The van der Waals surface area contributed by atoms with Gasteiger partial charge in [-0.1, -0.05) is 0 Å². The molecule has 1 heterocycles. The number of carbonyl (C=O) groups excluding carboxylic acids is 1. The van der Waals surface area contributed by atoms with Crippen molar-refractivity contribution in [3.63, 3.8) is 0 Å². The Morgan fingerprint density at radius 1 is 1.18 bits per heavy atom. The zero-order valence-electron chi connectivity index (χ0n) is 16.7. The zero-order valence-corrected chi connectivity index (χ0v) is 16.7. The van der Waals surface area contributed by atoms with E-state index in [1.54, 1.807) is 31.1 Å². The number of hydrogen-bond donors (Lipinski definition) is 3. The molecule has 0 radical (unpaired) electrons. The Kier molecular flexibility index (Phi) is 6.89. The number of aromatic nitrogens is 2. The minimum absolute atomic E-state index is 0.135. The smallest absolute Gasteiger partial charge is 0.362 e. The second kappa shape index (κ2) is 8.78. The molecule has 0 saturated heterocycles. The van der Waals surface area contributed by atoms with Gasteiger partial charge < -0.3 is 29.5 Å². The summed E-state index contributed by atoms with van der Waals surface area (Å²) < 4.78 is 5.82. The zero-order chi connectivity index (χ0) is 21.2. The van der Waals surface area contributed by atoms with Gasteiger partial charge in [0.2, 0.25) is 5.69 Å². The number of hydrogen-bond acceptors (Lipinski definition) is 8. The number of aryl methyl sites for hydroxylation is 2. The SMILES string of the molecule is COC(=O)c1nc2cc(C)c(C)cc2n(C[C@H](O)[C@H](O)[C@H](O)CN(C)C)c1=O. The predicted molar refractivity (Wildman–Crippen MR) is 103 cm³/mol. The monoisotopic (exact) mass is 393 g/mol. The second-order valence-corrected chi connectivity index (χ2v) is 7.18. The third-order valence-corrected chi connectivity index (χ3v) is 4.65. The number of benzene rings is 1. The van der Waals surface area contributed by atoms with Gasteiger partial charge in [0.25, 0.3) is 5.56 Å². The summed E-state index contributed by atoms with van der Waals surface area (Å²) in [5.74, 6) is -0.887. The van der Waals surface area contributed by atoms with Crippen LogP contribution < -0.4 is 5.56 Å². The number of nitrogens with zero attached hydrogens (tertiary/aromatic N) is 3.